The van der Waals surface area contributed by atoms with E-state index in [-0.39, 0.29) is 0 Å². The lowest BCUT2D eigenvalue weighted by atomic mass is 10.1. The number of ether oxygens (including phenoxy) is 1. The van der Waals surface area contributed by atoms with Crippen LogP contribution in [0.3, 0.4) is 0 Å². The SMILES string of the molecule is C[C@@H](NCC1CCC=CO1)c1cccc(Br)c1. The minimum Gasteiger partial charge on any atom is -0.497 e. The lowest BCUT2D eigenvalue weighted by Crippen LogP contribution is -2.31. The number of halogens is 1. The second kappa shape index (κ2) is 6.22. The molecule has 0 saturated carbocycles. The lowest BCUT2D eigenvalue weighted by Gasteiger charge is -2.22. The molecule has 2 atom stereocenters. The number of allylic oxidation sites excluding steroid dienone is 1. The number of benzene rings is 1. The van der Waals surface area contributed by atoms with Crippen molar-refractivity contribution in [1.29, 1.82) is 0 Å². The van der Waals surface area contributed by atoms with Gasteiger partial charge in [-0.2, -0.15) is 0 Å². The number of rotatable bonds is 4. The quantitative estimate of drug-likeness (QED) is 0.912. The molecule has 1 aliphatic rings. The summed E-state index contributed by atoms with van der Waals surface area (Å²) in [4.78, 5) is 0. The van der Waals surface area contributed by atoms with Crippen molar-refractivity contribution in [3.8, 4) is 0 Å². The van der Waals surface area contributed by atoms with Crippen LogP contribution >= 0.6 is 15.9 Å². The molecule has 2 rings (SSSR count). The minimum atomic E-state index is 0.314. The van der Waals surface area contributed by atoms with Crippen molar-refractivity contribution in [3.63, 3.8) is 0 Å². The highest BCUT2D eigenvalue weighted by molar-refractivity contribution is 9.10. The fourth-order valence-electron chi connectivity index (χ4n) is 1.94. The van der Waals surface area contributed by atoms with Crippen molar-refractivity contribution in [1.82, 2.24) is 5.32 Å². The van der Waals surface area contributed by atoms with Crippen molar-refractivity contribution < 1.29 is 4.74 Å². The van der Waals surface area contributed by atoms with E-state index in [2.05, 4.69) is 52.4 Å². The van der Waals surface area contributed by atoms with Gasteiger partial charge in [-0.05, 0) is 43.5 Å². The maximum absolute atomic E-state index is 5.54. The fourth-order valence-corrected chi connectivity index (χ4v) is 2.35. The average Bonchev–Trinajstić information content (AvgIpc) is 2.37. The van der Waals surface area contributed by atoms with Crippen LogP contribution in [0.2, 0.25) is 0 Å². The fraction of sp³-hybridized carbons (Fsp3) is 0.429. The van der Waals surface area contributed by atoms with Crippen LogP contribution in [0.1, 0.15) is 31.4 Å². The second-order valence-corrected chi connectivity index (χ2v) is 5.31. The van der Waals surface area contributed by atoms with Crippen LogP contribution in [0, 0.1) is 0 Å². The van der Waals surface area contributed by atoms with E-state index in [1.807, 2.05) is 12.3 Å². The molecule has 1 N–H and O–H groups in total. The summed E-state index contributed by atoms with van der Waals surface area (Å²) in [6.45, 7) is 3.08. The van der Waals surface area contributed by atoms with Crippen molar-refractivity contribution in [2.24, 2.45) is 0 Å². The van der Waals surface area contributed by atoms with E-state index in [9.17, 15) is 0 Å². The van der Waals surface area contributed by atoms with Crippen LogP contribution in [-0.2, 0) is 4.74 Å². The van der Waals surface area contributed by atoms with Gasteiger partial charge in [-0.3, -0.25) is 0 Å². The van der Waals surface area contributed by atoms with Crippen LogP contribution < -0.4 is 5.32 Å². The molecule has 1 aromatic rings. The Morgan fingerprint density at radius 1 is 1.53 bits per heavy atom. The summed E-state index contributed by atoms with van der Waals surface area (Å²) in [6, 6.07) is 8.76. The van der Waals surface area contributed by atoms with E-state index < -0.39 is 0 Å². The van der Waals surface area contributed by atoms with Gasteiger partial charge in [-0.25, -0.2) is 0 Å². The predicted molar refractivity (Wildman–Crippen MR) is 73.8 cm³/mol. The van der Waals surface area contributed by atoms with E-state index >= 15 is 0 Å². The third kappa shape index (κ3) is 3.86. The first-order valence-electron chi connectivity index (χ1n) is 6.05. The summed E-state index contributed by atoms with van der Waals surface area (Å²) in [7, 11) is 0. The molecule has 0 amide bonds. The highest BCUT2D eigenvalue weighted by Gasteiger charge is 2.12. The monoisotopic (exact) mass is 295 g/mol. The Morgan fingerprint density at radius 2 is 2.41 bits per heavy atom. The molecule has 1 aliphatic heterocycles. The van der Waals surface area contributed by atoms with E-state index in [1.165, 1.54) is 5.56 Å². The average molecular weight is 296 g/mol. The van der Waals surface area contributed by atoms with Gasteiger partial charge >= 0.3 is 0 Å². The minimum absolute atomic E-state index is 0.314. The number of hydrogen-bond donors (Lipinski definition) is 1. The molecular weight excluding hydrogens is 278 g/mol. The lowest BCUT2D eigenvalue weighted by molar-refractivity contribution is 0.120. The van der Waals surface area contributed by atoms with Crippen LogP contribution in [0.25, 0.3) is 0 Å². The molecule has 17 heavy (non-hydrogen) atoms. The second-order valence-electron chi connectivity index (χ2n) is 4.39. The Bertz CT molecular complexity index is 392. The zero-order valence-electron chi connectivity index (χ0n) is 10.0. The van der Waals surface area contributed by atoms with E-state index in [4.69, 9.17) is 4.74 Å². The molecule has 1 unspecified atom stereocenters. The summed E-state index contributed by atoms with van der Waals surface area (Å²) >= 11 is 3.50. The van der Waals surface area contributed by atoms with Crippen LogP contribution in [0.4, 0.5) is 0 Å². The van der Waals surface area contributed by atoms with Gasteiger partial charge in [0.1, 0.15) is 6.10 Å². The summed E-state index contributed by atoms with van der Waals surface area (Å²) < 4.78 is 6.66. The van der Waals surface area contributed by atoms with Crippen molar-refractivity contribution in [2.75, 3.05) is 6.54 Å². The summed E-state index contributed by atoms with van der Waals surface area (Å²) in [5.41, 5.74) is 1.30. The molecule has 92 valence electrons. The van der Waals surface area contributed by atoms with Gasteiger partial charge < -0.3 is 10.1 Å². The summed E-state index contributed by atoms with van der Waals surface area (Å²) in [5, 5.41) is 3.52. The zero-order chi connectivity index (χ0) is 12.1. The Balaban J connectivity index is 1.84. The van der Waals surface area contributed by atoms with E-state index in [0.717, 1.165) is 23.9 Å². The largest absolute Gasteiger partial charge is 0.497 e. The smallest absolute Gasteiger partial charge is 0.110 e. The molecule has 0 spiro atoms. The molecule has 0 aliphatic carbocycles. The van der Waals surface area contributed by atoms with Crippen molar-refractivity contribution in [2.45, 2.75) is 31.9 Å². The maximum atomic E-state index is 5.54. The van der Waals surface area contributed by atoms with Gasteiger partial charge in [-0.1, -0.05) is 28.1 Å². The maximum Gasteiger partial charge on any atom is 0.110 e. The molecule has 0 saturated heterocycles. The standard InChI is InChI=1S/C14H18BrNO/c1-11(12-5-4-6-13(15)9-12)16-10-14-7-2-3-8-17-14/h3-6,8-9,11,14,16H,2,7,10H2,1H3/t11-,14?/m1/s1. The van der Waals surface area contributed by atoms with Crippen LogP contribution in [0.5, 0.6) is 0 Å². The molecule has 0 bridgehead atoms. The van der Waals surface area contributed by atoms with Gasteiger partial charge in [0.15, 0.2) is 0 Å². The molecule has 2 nitrogen and oxygen atoms in total. The van der Waals surface area contributed by atoms with Gasteiger partial charge in [0.25, 0.3) is 0 Å². The molecule has 0 radical (unpaired) electrons. The first kappa shape index (κ1) is 12.7. The van der Waals surface area contributed by atoms with Crippen LogP contribution in [0.15, 0.2) is 41.1 Å². The third-order valence-corrected chi connectivity index (χ3v) is 3.52. The first-order chi connectivity index (χ1) is 8.25. The molecule has 0 aromatic heterocycles. The molecule has 3 heteroatoms. The Labute approximate surface area is 111 Å². The number of nitrogens with one attached hydrogen (secondary N) is 1. The highest BCUT2D eigenvalue weighted by Crippen LogP contribution is 2.18. The van der Waals surface area contributed by atoms with E-state index in [0.29, 0.717) is 12.1 Å². The summed E-state index contributed by atoms with van der Waals surface area (Å²) in [6.07, 6.45) is 6.44. The van der Waals surface area contributed by atoms with Gasteiger partial charge in [-0.15, -0.1) is 0 Å². The van der Waals surface area contributed by atoms with Gasteiger partial charge in [0, 0.05) is 17.1 Å². The molecule has 0 fully saturated rings. The predicted octanol–water partition coefficient (Wildman–Crippen LogP) is 3.79. The Kier molecular flexibility index (Phi) is 4.63. The van der Waals surface area contributed by atoms with Crippen LogP contribution in [-0.4, -0.2) is 12.6 Å². The van der Waals surface area contributed by atoms with Gasteiger partial charge in [0.2, 0.25) is 0 Å². The van der Waals surface area contributed by atoms with Crippen molar-refractivity contribution >= 4 is 15.9 Å². The molecular formula is C14H18BrNO. The molecule has 1 aromatic carbocycles. The topological polar surface area (TPSA) is 21.3 Å². The Hall–Kier alpha value is -0.800. The van der Waals surface area contributed by atoms with E-state index in [1.54, 1.807) is 0 Å². The van der Waals surface area contributed by atoms with Gasteiger partial charge in [0.05, 0.1) is 6.26 Å². The van der Waals surface area contributed by atoms with Crippen molar-refractivity contribution in [3.05, 3.63) is 46.6 Å². The third-order valence-electron chi connectivity index (χ3n) is 3.02. The Morgan fingerprint density at radius 3 is 3.12 bits per heavy atom. The first-order valence-corrected chi connectivity index (χ1v) is 6.84. The zero-order valence-corrected chi connectivity index (χ0v) is 11.6. The summed E-state index contributed by atoms with van der Waals surface area (Å²) in [5.74, 6) is 0. The molecule has 1 heterocycles. The number of hydrogen-bond acceptors (Lipinski definition) is 2. The highest BCUT2D eigenvalue weighted by atomic mass is 79.9. The normalized spacial score (nSPS) is 20.9.